The molecule has 0 radical (unpaired) electrons. The Morgan fingerprint density at radius 2 is 1.90 bits per heavy atom. The van der Waals surface area contributed by atoms with Gasteiger partial charge in [-0.15, -0.1) is 11.8 Å². The van der Waals surface area contributed by atoms with Crippen molar-refractivity contribution in [1.82, 2.24) is 4.90 Å². The van der Waals surface area contributed by atoms with Crippen LogP contribution in [0.4, 0.5) is 5.69 Å². The van der Waals surface area contributed by atoms with Crippen LogP contribution >= 0.6 is 11.8 Å². The minimum absolute atomic E-state index is 0.0223. The number of nitrogens with zero attached hydrogens (tertiary/aromatic N) is 1. The number of carboxylic acid groups (broad SMARTS) is 1. The summed E-state index contributed by atoms with van der Waals surface area (Å²) in [6, 6.07) is 4.41. The first-order valence-corrected chi connectivity index (χ1v) is 6.68. The van der Waals surface area contributed by atoms with Crippen LogP contribution in [-0.4, -0.2) is 45.2 Å². The standard InChI is InChI=1S/C12H10N2O5S/c13-7-3-1-2-6-10(7)12(19)14(11(6)18)8(15)4-20-5-9(16)17/h1-3H,4-5,13H2,(H,16,17). The zero-order valence-corrected chi connectivity index (χ0v) is 11.0. The summed E-state index contributed by atoms with van der Waals surface area (Å²) in [6.45, 7) is 0. The van der Waals surface area contributed by atoms with Crippen LogP contribution in [0.2, 0.25) is 0 Å². The van der Waals surface area contributed by atoms with Gasteiger partial charge < -0.3 is 10.8 Å². The van der Waals surface area contributed by atoms with Gasteiger partial charge in [-0.2, -0.15) is 0 Å². The number of carbonyl (C=O) groups excluding carboxylic acids is 3. The molecule has 3 N–H and O–H groups in total. The Balaban J connectivity index is 2.18. The quantitative estimate of drug-likeness (QED) is 0.602. The van der Waals surface area contributed by atoms with Crippen LogP contribution in [0.15, 0.2) is 18.2 Å². The van der Waals surface area contributed by atoms with E-state index in [9.17, 15) is 19.2 Å². The highest BCUT2D eigenvalue weighted by molar-refractivity contribution is 8.00. The third-order valence-electron chi connectivity index (χ3n) is 2.65. The van der Waals surface area contributed by atoms with Crippen LogP contribution in [0, 0.1) is 0 Å². The monoisotopic (exact) mass is 294 g/mol. The van der Waals surface area contributed by atoms with E-state index < -0.39 is 23.7 Å². The number of imide groups is 3. The molecule has 104 valence electrons. The summed E-state index contributed by atoms with van der Waals surface area (Å²) in [5, 5.41) is 8.48. The Hall–Kier alpha value is -2.35. The van der Waals surface area contributed by atoms with Crippen LogP contribution in [0.1, 0.15) is 20.7 Å². The summed E-state index contributed by atoms with van der Waals surface area (Å²) in [7, 11) is 0. The van der Waals surface area contributed by atoms with E-state index in [0.717, 1.165) is 11.8 Å². The number of aliphatic carboxylic acids is 1. The average molecular weight is 294 g/mol. The Labute approximate surface area is 117 Å². The summed E-state index contributed by atoms with van der Waals surface area (Å²) >= 11 is 0.817. The number of nitrogen functional groups attached to an aromatic ring is 1. The molecular weight excluding hydrogens is 284 g/mol. The molecule has 1 aromatic carbocycles. The smallest absolute Gasteiger partial charge is 0.313 e. The lowest BCUT2D eigenvalue weighted by atomic mass is 10.1. The molecule has 3 amide bonds. The summed E-state index contributed by atoms with van der Waals surface area (Å²) in [5.41, 5.74) is 5.88. The maximum atomic E-state index is 12.0. The van der Waals surface area contributed by atoms with Gasteiger partial charge in [0.15, 0.2) is 0 Å². The van der Waals surface area contributed by atoms with E-state index >= 15 is 0 Å². The fraction of sp³-hybridized carbons (Fsp3) is 0.167. The number of amides is 3. The first-order valence-electron chi connectivity index (χ1n) is 5.53. The minimum Gasteiger partial charge on any atom is -0.481 e. The summed E-state index contributed by atoms with van der Waals surface area (Å²) in [5.74, 6) is -3.85. The number of carbonyl (C=O) groups is 4. The minimum atomic E-state index is -1.07. The number of thioether (sulfide) groups is 1. The average Bonchev–Trinajstić information content (AvgIpc) is 2.62. The van der Waals surface area contributed by atoms with Crippen molar-refractivity contribution in [3.63, 3.8) is 0 Å². The molecule has 1 aromatic rings. The van der Waals surface area contributed by atoms with Gasteiger partial charge in [-0.1, -0.05) is 6.07 Å². The number of benzene rings is 1. The summed E-state index contributed by atoms with van der Waals surface area (Å²) in [4.78, 5) is 46.8. The number of carboxylic acids is 1. The summed E-state index contributed by atoms with van der Waals surface area (Å²) in [6.07, 6.45) is 0. The van der Waals surface area contributed by atoms with E-state index in [2.05, 4.69) is 0 Å². The highest BCUT2D eigenvalue weighted by Gasteiger charge is 2.40. The lowest BCUT2D eigenvalue weighted by Gasteiger charge is -2.10. The van der Waals surface area contributed by atoms with E-state index in [1.807, 2.05) is 0 Å². The predicted molar refractivity (Wildman–Crippen MR) is 71.3 cm³/mol. The Morgan fingerprint density at radius 3 is 2.50 bits per heavy atom. The molecule has 0 aliphatic carbocycles. The van der Waals surface area contributed by atoms with E-state index in [1.165, 1.54) is 18.2 Å². The maximum absolute atomic E-state index is 12.0. The van der Waals surface area contributed by atoms with E-state index in [-0.39, 0.29) is 28.3 Å². The second-order valence-electron chi connectivity index (χ2n) is 4.00. The van der Waals surface area contributed by atoms with Crippen LogP contribution in [-0.2, 0) is 9.59 Å². The van der Waals surface area contributed by atoms with Crippen LogP contribution in [0.3, 0.4) is 0 Å². The number of hydrogen-bond acceptors (Lipinski definition) is 6. The molecule has 1 heterocycles. The maximum Gasteiger partial charge on any atom is 0.313 e. The lowest BCUT2D eigenvalue weighted by Crippen LogP contribution is -2.37. The van der Waals surface area contributed by atoms with Gasteiger partial charge in [-0.3, -0.25) is 19.2 Å². The van der Waals surface area contributed by atoms with Crippen molar-refractivity contribution in [1.29, 1.82) is 0 Å². The highest BCUT2D eigenvalue weighted by atomic mass is 32.2. The second kappa shape index (κ2) is 5.33. The number of rotatable bonds is 4. The molecule has 7 nitrogen and oxygen atoms in total. The Bertz CT molecular complexity index is 628. The molecule has 0 saturated carbocycles. The fourth-order valence-electron chi connectivity index (χ4n) is 1.83. The first kappa shape index (κ1) is 14.1. The topological polar surface area (TPSA) is 118 Å². The number of nitrogens with two attached hydrogens (primary N) is 1. The van der Waals surface area contributed by atoms with E-state index in [1.54, 1.807) is 0 Å². The molecule has 0 saturated heterocycles. The van der Waals surface area contributed by atoms with Crippen molar-refractivity contribution in [2.45, 2.75) is 0 Å². The lowest BCUT2D eigenvalue weighted by molar-refractivity contribution is -0.133. The molecule has 0 bridgehead atoms. The van der Waals surface area contributed by atoms with Crippen LogP contribution < -0.4 is 5.73 Å². The third-order valence-corrected chi connectivity index (χ3v) is 3.55. The van der Waals surface area contributed by atoms with Crippen molar-refractivity contribution in [2.24, 2.45) is 0 Å². The Kier molecular flexibility index (Phi) is 3.75. The van der Waals surface area contributed by atoms with Gasteiger partial charge in [0.2, 0.25) is 5.91 Å². The third kappa shape index (κ3) is 2.37. The van der Waals surface area contributed by atoms with Crippen molar-refractivity contribution in [3.05, 3.63) is 29.3 Å². The van der Waals surface area contributed by atoms with Crippen molar-refractivity contribution < 1.29 is 24.3 Å². The van der Waals surface area contributed by atoms with E-state index in [4.69, 9.17) is 10.8 Å². The van der Waals surface area contributed by atoms with Crippen LogP contribution in [0.5, 0.6) is 0 Å². The fourth-order valence-corrected chi connectivity index (χ4v) is 2.41. The largest absolute Gasteiger partial charge is 0.481 e. The van der Waals surface area contributed by atoms with Gasteiger partial charge in [-0.05, 0) is 12.1 Å². The first-order chi connectivity index (χ1) is 9.43. The van der Waals surface area contributed by atoms with Gasteiger partial charge in [0.1, 0.15) is 0 Å². The number of anilines is 1. The van der Waals surface area contributed by atoms with E-state index in [0.29, 0.717) is 4.90 Å². The Morgan fingerprint density at radius 1 is 1.20 bits per heavy atom. The van der Waals surface area contributed by atoms with Gasteiger partial charge in [-0.25, -0.2) is 4.90 Å². The van der Waals surface area contributed by atoms with Crippen molar-refractivity contribution in [3.8, 4) is 0 Å². The predicted octanol–water partition coefficient (Wildman–Crippen LogP) is 0.209. The number of hydrogen-bond donors (Lipinski definition) is 2. The zero-order valence-electron chi connectivity index (χ0n) is 10.2. The van der Waals surface area contributed by atoms with Gasteiger partial charge in [0, 0.05) is 5.69 Å². The highest BCUT2D eigenvalue weighted by Crippen LogP contribution is 2.27. The SMILES string of the molecule is Nc1cccc2c1C(=O)N(C(=O)CSCC(=O)O)C2=O. The molecule has 0 unspecified atom stereocenters. The summed E-state index contributed by atoms with van der Waals surface area (Å²) < 4.78 is 0. The van der Waals surface area contributed by atoms with Crippen molar-refractivity contribution in [2.75, 3.05) is 17.2 Å². The molecule has 0 fully saturated rings. The second-order valence-corrected chi connectivity index (χ2v) is 4.98. The molecule has 0 aromatic heterocycles. The molecule has 20 heavy (non-hydrogen) atoms. The van der Waals surface area contributed by atoms with Crippen LogP contribution in [0.25, 0.3) is 0 Å². The van der Waals surface area contributed by atoms with Crippen molar-refractivity contribution >= 4 is 41.1 Å². The van der Waals surface area contributed by atoms with Gasteiger partial charge >= 0.3 is 5.97 Å². The molecule has 1 aliphatic rings. The number of fused-ring (bicyclic) bond motifs is 1. The molecular formula is C12H10N2O5S. The normalized spacial score (nSPS) is 13.5. The zero-order chi connectivity index (χ0) is 14.9. The molecule has 0 spiro atoms. The molecule has 0 atom stereocenters. The van der Waals surface area contributed by atoms with Gasteiger partial charge in [0.05, 0.1) is 22.6 Å². The molecule has 2 rings (SSSR count). The molecule has 8 heteroatoms. The molecule has 1 aliphatic heterocycles. The van der Waals surface area contributed by atoms with Gasteiger partial charge in [0.25, 0.3) is 11.8 Å².